The van der Waals surface area contributed by atoms with Crippen LogP contribution in [0.5, 0.6) is 0 Å². The van der Waals surface area contributed by atoms with Gasteiger partial charge in [0, 0.05) is 21.4 Å². The number of hydrogen-bond donors (Lipinski definition) is 0. The molecule has 1 heterocycles. The van der Waals surface area contributed by atoms with Gasteiger partial charge in [-0.2, -0.15) is 0 Å². The van der Waals surface area contributed by atoms with Crippen molar-refractivity contribution in [2.75, 3.05) is 0 Å². The van der Waals surface area contributed by atoms with Gasteiger partial charge >= 0.3 is 5.97 Å². The maximum atomic E-state index is 13.1. The molecular formula is C20H21BrO3. The number of hydrogen-bond acceptors (Lipinski definition) is 3. The van der Waals surface area contributed by atoms with Crippen molar-refractivity contribution in [1.82, 2.24) is 0 Å². The number of ketones is 1. The van der Waals surface area contributed by atoms with Gasteiger partial charge in [-0.05, 0) is 42.4 Å². The van der Waals surface area contributed by atoms with Crippen LogP contribution in [-0.2, 0) is 14.3 Å². The molecule has 126 valence electrons. The third kappa shape index (κ3) is 1.95. The summed E-state index contributed by atoms with van der Waals surface area (Å²) >= 11 is 3.41. The Morgan fingerprint density at radius 1 is 1.12 bits per heavy atom. The Morgan fingerprint density at radius 2 is 1.79 bits per heavy atom. The van der Waals surface area contributed by atoms with E-state index in [-0.39, 0.29) is 34.4 Å². The van der Waals surface area contributed by atoms with Gasteiger partial charge in [0.15, 0.2) is 0 Å². The van der Waals surface area contributed by atoms with E-state index in [2.05, 4.69) is 36.7 Å². The first-order valence-corrected chi connectivity index (χ1v) is 9.29. The third-order valence-electron chi connectivity index (χ3n) is 6.91. The Hall–Kier alpha value is -1.42. The third-order valence-corrected chi connectivity index (χ3v) is 7.44. The molecule has 0 radical (unpaired) electrons. The average molecular weight is 389 g/mol. The van der Waals surface area contributed by atoms with Gasteiger partial charge in [-0.3, -0.25) is 9.59 Å². The molecule has 3 unspecified atom stereocenters. The molecule has 4 atom stereocenters. The van der Waals surface area contributed by atoms with Crippen molar-refractivity contribution in [3.63, 3.8) is 0 Å². The van der Waals surface area contributed by atoms with Gasteiger partial charge in [0.1, 0.15) is 11.5 Å². The fraction of sp³-hybridized carbons (Fsp3) is 0.500. The first kappa shape index (κ1) is 16.1. The number of carbonyl (C=O) groups excluding carboxylic acids is 2. The van der Waals surface area contributed by atoms with Crippen LogP contribution in [-0.4, -0.2) is 11.8 Å². The fourth-order valence-electron chi connectivity index (χ4n) is 5.03. The van der Waals surface area contributed by atoms with E-state index in [0.717, 1.165) is 22.9 Å². The number of benzene rings is 1. The highest BCUT2D eigenvalue weighted by atomic mass is 79.9. The van der Waals surface area contributed by atoms with Crippen LogP contribution in [0.15, 0.2) is 34.8 Å². The van der Waals surface area contributed by atoms with Crippen molar-refractivity contribution in [2.24, 2.45) is 28.6 Å². The minimum absolute atomic E-state index is 0.0523. The molecule has 0 spiro atoms. The molecular weight excluding hydrogens is 368 g/mol. The minimum Gasteiger partial charge on any atom is -0.426 e. The SMILES string of the molecule is CC12CCC(C([C@H]3C=C(c4ccc(Br)cc4)OC3=O)C1=O)C2(C)C. The molecule has 0 aromatic heterocycles. The Kier molecular flexibility index (Phi) is 3.38. The molecule has 4 heteroatoms. The molecule has 1 aliphatic heterocycles. The summed E-state index contributed by atoms with van der Waals surface area (Å²) in [6, 6.07) is 7.67. The minimum atomic E-state index is -0.442. The zero-order valence-electron chi connectivity index (χ0n) is 14.1. The predicted molar refractivity (Wildman–Crippen MR) is 94.8 cm³/mol. The highest BCUT2D eigenvalue weighted by molar-refractivity contribution is 9.10. The second kappa shape index (κ2) is 5.04. The summed E-state index contributed by atoms with van der Waals surface area (Å²) in [5.74, 6) is 0.128. The van der Waals surface area contributed by atoms with Crippen LogP contribution in [0.4, 0.5) is 0 Å². The lowest BCUT2D eigenvalue weighted by molar-refractivity contribution is -0.144. The number of ether oxygens (including phenoxy) is 1. The second-order valence-corrected chi connectivity index (χ2v) is 8.99. The van der Waals surface area contributed by atoms with Gasteiger partial charge in [-0.25, -0.2) is 0 Å². The molecule has 3 nitrogen and oxygen atoms in total. The Morgan fingerprint density at radius 3 is 2.38 bits per heavy atom. The molecule has 0 saturated heterocycles. The van der Waals surface area contributed by atoms with Gasteiger partial charge in [-0.1, -0.05) is 48.8 Å². The van der Waals surface area contributed by atoms with Crippen LogP contribution < -0.4 is 0 Å². The summed E-state index contributed by atoms with van der Waals surface area (Å²) in [6.07, 6.45) is 3.82. The summed E-state index contributed by atoms with van der Waals surface area (Å²) < 4.78 is 6.50. The van der Waals surface area contributed by atoms with Crippen molar-refractivity contribution in [1.29, 1.82) is 0 Å². The lowest BCUT2D eigenvalue weighted by Gasteiger charge is -2.32. The Bertz CT molecular complexity index is 762. The van der Waals surface area contributed by atoms with E-state index < -0.39 is 5.92 Å². The Labute approximate surface area is 150 Å². The van der Waals surface area contributed by atoms with Gasteiger partial charge in [0.2, 0.25) is 0 Å². The molecule has 2 saturated carbocycles. The number of carbonyl (C=O) groups is 2. The molecule has 2 fully saturated rings. The number of Topliss-reactive ketones (excluding diaryl/α,β-unsaturated/α-hetero) is 1. The summed E-state index contributed by atoms with van der Waals surface area (Å²) in [5.41, 5.74) is 0.509. The van der Waals surface area contributed by atoms with Crippen LogP contribution in [0.25, 0.3) is 5.76 Å². The topological polar surface area (TPSA) is 43.4 Å². The van der Waals surface area contributed by atoms with E-state index in [1.54, 1.807) is 0 Å². The zero-order valence-corrected chi connectivity index (χ0v) is 15.7. The lowest BCUT2D eigenvalue weighted by Crippen LogP contribution is -2.36. The van der Waals surface area contributed by atoms with Gasteiger partial charge in [0.25, 0.3) is 0 Å². The van der Waals surface area contributed by atoms with Crippen molar-refractivity contribution in [3.8, 4) is 0 Å². The molecule has 24 heavy (non-hydrogen) atoms. The average Bonchev–Trinajstić information content (AvgIpc) is 3.06. The van der Waals surface area contributed by atoms with E-state index in [4.69, 9.17) is 4.74 Å². The van der Waals surface area contributed by atoms with Crippen LogP contribution in [0.2, 0.25) is 0 Å². The van der Waals surface area contributed by atoms with Crippen molar-refractivity contribution < 1.29 is 14.3 Å². The number of cyclic esters (lactones) is 1. The van der Waals surface area contributed by atoms with Crippen LogP contribution in [0.1, 0.15) is 39.2 Å². The van der Waals surface area contributed by atoms with Crippen molar-refractivity contribution in [3.05, 3.63) is 40.4 Å². The molecule has 0 N–H and O–H groups in total. The van der Waals surface area contributed by atoms with Gasteiger partial charge < -0.3 is 4.74 Å². The number of halogens is 1. The first-order chi connectivity index (χ1) is 11.3. The van der Waals surface area contributed by atoms with Crippen LogP contribution >= 0.6 is 15.9 Å². The summed E-state index contributed by atoms with van der Waals surface area (Å²) in [5, 5.41) is 0. The lowest BCUT2D eigenvalue weighted by atomic mass is 9.70. The second-order valence-electron chi connectivity index (χ2n) is 8.07. The smallest absolute Gasteiger partial charge is 0.319 e. The molecule has 2 aliphatic carbocycles. The molecule has 3 aliphatic rings. The molecule has 2 bridgehead atoms. The Balaban J connectivity index is 1.69. The molecule has 4 rings (SSSR count). The quantitative estimate of drug-likeness (QED) is 0.695. The maximum absolute atomic E-state index is 13.1. The van der Waals surface area contributed by atoms with Gasteiger partial charge in [0.05, 0.1) is 5.92 Å². The number of esters is 1. The normalized spacial score (nSPS) is 36.8. The predicted octanol–water partition coefficient (Wildman–Crippen LogP) is 4.60. The fourth-order valence-corrected chi connectivity index (χ4v) is 5.29. The first-order valence-electron chi connectivity index (χ1n) is 8.49. The molecule has 1 aromatic rings. The van der Waals surface area contributed by atoms with E-state index in [9.17, 15) is 9.59 Å². The highest BCUT2D eigenvalue weighted by Crippen LogP contribution is 2.67. The van der Waals surface area contributed by atoms with Gasteiger partial charge in [-0.15, -0.1) is 0 Å². The van der Waals surface area contributed by atoms with E-state index in [0.29, 0.717) is 5.76 Å². The standard InChI is InChI=1S/C20H21BrO3/c1-19(2)14-8-9-20(19,3)17(22)16(14)13-10-15(24-18(13)23)11-4-6-12(21)7-5-11/h4-7,10,13-14,16H,8-9H2,1-3H3/t13-,14?,16?,20?/m1/s1. The maximum Gasteiger partial charge on any atom is 0.319 e. The summed E-state index contributed by atoms with van der Waals surface area (Å²) in [4.78, 5) is 25.6. The largest absolute Gasteiger partial charge is 0.426 e. The highest BCUT2D eigenvalue weighted by Gasteiger charge is 2.68. The summed E-state index contributed by atoms with van der Waals surface area (Å²) in [6.45, 7) is 6.44. The van der Waals surface area contributed by atoms with Crippen molar-refractivity contribution >= 4 is 33.4 Å². The van der Waals surface area contributed by atoms with E-state index >= 15 is 0 Å². The zero-order chi connectivity index (χ0) is 17.3. The molecule has 1 aromatic carbocycles. The van der Waals surface area contributed by atoms with Crippen LogP contribution in [0, 0.1) is 28.6 Å². The van der Waals surface area contributed by atoms with Crippen LogP contribution in [0.3, 0.4) is 0 Å². The van der Waals surface area contributed by atoms with Crippen molar-refractivity contribution in [2.45, 2.75) is 33.6 Å². The van der Waals surface area contributed by atoms with E-state index in [1.165, 1.54) is 0 Å². The molecule has 0 amide bonds. The summed E-state index contributed by atoms with van der Waals surface area (Å²) in [7, 11) is 0. The van der Waals surface area contributed by atoms with E-state index in [1.807, 2.05) is 30.3 Å². The number of fused-ring (bicyclic) bond motifs is 2. The number of rotatable bonds is 2. The monoisotopic (exact) mass is 388 g/mol.